The zero-order chi connectivity index (χ0) is 14.8. The summed E-state index contributed by atoms with van der Waals surface area (Å²) in [5.74, 6) is -2.00. The summed E-state index contributed by atoms with van der Waals surface area (Å²) in [5, 5.41) is 16.9. The third kappa shape index (κ3) is 4.75. The summed E-state index contributed by atoms with van der Waals surface area (Å²) in [6.45, 7) is 0. The van der Waals surface area contributed by atoms with Gasteiger partial charge in [-0.15, -0.1) is 0 Å². The molecule has 0 heterocycles. The van der Waals surface area contributed by atoms with Gasteiger partial charge in [0.25, 0.3) is 0 Å². The molecule has 0 aliphatic rings. The summed E-state index contributed by atoms with van der Waals surface area (Å²) in [4.78, 5) is 10.6. The van der Waals surface area contributed by atoms with Crippen LogP contribution in [0.25, 0.3) is 0 Å². The minimum absolute atomic E-state index is 0.133. The number of nitrogens with one attached hydrogen (secondary N) is 1. The van der Waals surface area contributed by atoms with E-state index in [2.05, 4.69) is 0 Å². The Morgan fingerprint density at radius 2 is 1.84 bits per heavy atom. The maximum absolute atomic E-state index is 11.5. The van der Waals surface area contributed by atoms with E-state index < -0.39 is 42.2 Å². The van der Waals surface area contributed by atoms with E-state index in [0.717, 1.165) is 24.5 Å². The predicted octanol–water partition coefficient (Wildman–Crippen LogP) is -0.166. The highest BCUT2D eigenvalue weighted by Gasteiger charge is 2.19. The summed E-state index contributed by atoms with van der Waals surface area (Å²) in [5.41, 5.74) is -0.530. The molecule has 8 nitrogen and oxygen atoms in total. The number of rotatable bonds is 5. The van der Waals surface area contributed by atoms with E-state index >= 15 is 0 Å². The van der Waals surface area contributed by atoms with Crippen molar-refractivity contribution in [2.75, 3.05) is 16.1 Å². The summed E-state index contributed by atoms with van der Waals surface area (Å²) in [7, 11) is -7.88. The lowest BCUT2D eigenvalue weighted by Crippen LogP contribution is -2.22. The fraction of sp³-hybridized carbons (Fsp3) is 0.222. The van der Waals surface area contributed by atoms with Crippen LogP contribution in [-0.4, -0.2) is 44.4 Å². The van der Waals surface area contributed by atoms with Crippen molar-refractivity contribution in [3.05, 3.63) is 23.8 Å². The van der Waals surface area contributed by atoms with Gasteiger partial charge in [0.05, 0.1) is 5.69 Å². The topological polar surface area (TPSA) is 138 Å². The Bertz CT molecular complexity index is 706. The molecule has 0 unspecified atom stereocenters. The maximum Gasteiger partial charge on any atom is 0.339 e. The van der Waals surface area contributed by atoms with Gasteiger partial charge in [0, 0.05) is 12.3 Å². The number of carbonyl (C=O) groups is 1. The number of benzene rings is 1. The summed E-state index contributed by atoms with van der Waals surface area (Å²) < 4.78 is 46.6. The van der Waals surface area contributed by atoms with E-state index in [1.807, 2.05) is 4.72 Å². The van der Waals surface area contributed by atoms with Crippen molar-refractivity contribution in [1.82, 2.24) is 0 Å². The number of sulfonamides is 1. The van der Waals surface area contributed by atoms with Crippen molar-refractivity contribution in [3.63, 3.8) is 0 Å². The number of hydrogen-bond acceptors (Lipinski definition) is 6. The maximum atomic E-state index is 11.5. The van der Waals surface area contributed by atoms with Crippen molar-refractivity contribution < 1.29 is 31.8 Å². The van der Waals surface area contributed by atoms with Crippen LogP contribution in [0.3, 0.4) is 0 Å². The molecule has 0 atom stereocenters. The van der Waals surface area contributed by atoms with Crippen LogP contribution in [0.5, 0.6) is 5.75 Å². The Labute approximate surface area is 109 Å². The van der Waals surface area contributed by atoms with Gasteiger partial charge in [-0.05, 0) is 12.1 Å². The van der Waals surface area contributed by atoms with Gasteiger partial charge in [-0.2, -0.15) is 0 Å². The van der Waals surface area contributed by atoms with Gasteiger partial charge in [-0.25, -0.2) is 21.6 Å². The number of sulfone groups is 1. The first kappa shape index (κ1) is 15.2. The number of anilines is 1. The molecule has 0 saturated heterocycles. The molecule has 0 spiro atoms. The van der Waals surface area contributed by atoms with Gasteiger partial charge in [-0.3, -0.25) is 4.72 Å². The molecule has 106 valence electrons. The second-order valence-corrected chi connectivity index (χ2v) is 8.03. The van der Waals surface area contributed by atoms with Crippen LogP contribution < -0.4 is 4.72 Å². The first-order valence-corrected chi connectivity index (χ1v) is 8.46. The molecule has 10 heteroatoms. The van der Waals surface area contributed by atoms with Crippen LogP contribution in [0.1, 0.15) is 10.4 Å². The number of phenols is 1. The van der Waals surface area contributed by atoms with E-state index in [1.54, 1.807) is 0 Å². The predicted molar refractivity (Wildman–Crippen MR) is 67.3 cm³/mol. The minimum Gasteiger partial charge on any atom is -0.507 e. The van der Waals surface area contributed by atoms with Crippen LogP contribution in [0, 0.1) is 0 Å². The second-order valence-electron chi connectivity index (χ2n) is 3.80. The van der Waals surface area contributed by atoms with Gasteiger partial charge in [0.2, 0.25) is 10.0 Å². The average molecular weight is 309 g/mol. The largest absolute Gasteiger partial charge is 0.507 e. The molecule has 0 aliphatic heterocycles. The lowest BCUT2D eigenvalue weighted by atomic mass is 10.2. The molecule has 0 fully saturated rings. The first-order chi connectivity index (χ1) is 8.50. The van der Waals surface area contributed by atoms with Crippen molar-refractivity contribution in [2.45, 2.75) is 0 Å². The summed E-state index contributed by atoms with van der Waals surface area (Å²) >= 11 is 0. The zero-order valence-corrected chi connectivity index (χ0v) is 11.3. The summed E-state index contributed by atoms with van der Waals surface area (Å²) in [6, 6.07) is 2.97. The van der Waals surface area contributed by atoms with E-state index in [-0.39, 0.29) is 5.69 Å². The Kier molecular flexibility index (Phi) is 4.06. The number of aromatic carboxylic acids is 1. The van der Waals surface area contributed by atoms with Crippen molar-refractivity contribution in [2.24, 2.45) is 0 Å². The third-order valence-electron chi connectivity index (χ3n) is 1.87. The van der Waals surface area contributed by atoms with Gasteiger partial charge >= 0.3 is 5.97 Å². The Morgan fingerprint density at radius 3 is 2.26 bits per heavy atom. The van der Waals surface area contributed by atoms with Crippen molar-refractivity contribution >= 4 is 31.5 Å². The smallest absolute Gasteiger partial charge is 0.339 e. The molecule has 0 aliphatic carbocycles. The van der Waals surface area contributed by atoms with E-state index in [4.69, 9.17) is 5.11 Å². The molecule has 0 amide bonds. The number of aromatic hydroxyl groups is 1. The molecular weight excluding hydrogens is 298 g/mol. The van der Waals surface area contributed by atoms with E-state index in [0.29, 0.717) is 0 Å². The Balaban J connectivity index is 3.02. The molecule has 0 bridgehead atoms. The first-order valence-electron chi connectivity index (χ1n) is 4.75. The van der Waals surface area contributed by atoms with Crippen LogP contribution in [0.15, 0.2) is 18.2 Å². The lowest BCUT2D eigenvalue weighted by molar-refractivity contribution is 0.0693. The average Bonchev–Trinajstić information content (AvgIpc) is 2.11. The highest BCUT2D eigenvalue weighted by molar-refractivity contribution is 8.08. The fourth-order valence-electron chi connectivity index (χ4n) is 1.27. The van der Waals surface area contributed by atoms with E-state index in [9.17, 15) is 26.7 Å². The SMILES string of the molecule is CS(=O)(=O)CS(=O)(=O)Nc1ccc(C(=O)O)c(O)c1. The zero-order valence-electron chi connectivity index (χ0n) is 9.69. The van der Waals surface area contributed by atoms with Crippen molar-refractivity contribution in [3.8, 4) is 5.75 Å². The van der Waals surface area contributed by atoms with Crippen LogP contribution in [-0.2, 0) is 19.9 Å². The highest BCUT2D eigenvalue weighted by Crippen LogP contribution is 2.22. The van der Waals surface area contributed by atoms with Gasteiger partial charge in [-0.1, -0.05) is 0 Å². The van der Waals surface area contributed by atoms with Gasteiger partial charge in [0.15, 0.2) is 14.9 Å². The fourth-order valence-corrected chi connectivity index (χ4v) is 4.24. The number of carboxylic acids is 1. The Morgan fingerprint density at radius 1 is 1.26 bits per heavy atom. The molecule has 3 N–H and O–H groups in total. The molecular formula is C9H11NO7S2. The highest BCUT2D eigenvalue weighted by atomic mass is 32.3. The standard InChI is InChI=1S/C9H11NO7S2/c1-18(14,15)5-19(16,17)10-6-2-3-7(9(12)13)8(11)4-6/h2-4,10-11H,5H2,1H3,(H,12,13). The normalized spacial score (nSPS) is 12.1. The quantitative estimate of drug-likeness (QED) is 0.686. The lowest BCUT2D eigenvalue weighted by Gasteiger charge is -2.08. The molecule has 1 rings (SSSR count). The third-order valence-corrected chi connectivity index (χ3v) is 5.37. The number of hydrogen-bond donors (Lipinski definition) is 3. The van der Waals surface area contributed by atoms with Gasteiger partial charge < -0.3 is 10.2 Å². The second kappa shape index (κ2) is 5.05. The van der Waals surface area contributed by atoms with Gasteiger partial charge in [0.1, 0.15) is 11.3 Å². The van der Waals surface area contributed by atoms with E-state index in [1.165, 1.54) is 0 Å². The molecule has 19 heavy (non-hydrogen) atoms. The molecule has 1 aromatic carbocycles. The molecule has 0 aromatic heterocycles. The monoisotopic (exact) mass is 309 g/mol. The molecule has 0 saturated carbocycles. The molecule has 1 aromatic rings. The van der Waals surface area contributed by atoms with Crippen LogP contribution in [0.2, 0.25) is 0 Å². The summed E-state index contributed by atoms with van der Waals surface area (Å²) in [6.07, 6.45) is 0.761. The molecule has 0 radical (unpaired) electrons. The Hall–Kier alpha value is -1.81. The number of carboxylic acid groups (broad SMARTS) is 1. The van der Waals surface area contributed by atoms with Crippen LogP contribution in [0.4, 0.5) is 5.69 Å². The minimum atomic E-state index is -4.14. The van der Waals surface area contributed by atoms with Crippen molar-refractivity contribution in [1.29, 1.82) is 0 Å². The van der Waals surface area contributed by atoms with Crippen LogP contribution >= 0.6 is 0 Å².